The zero-order valence-electron chi connectivity index (χ0n) is 12.5. The summed E-state index contributed by atoms with van der Waals surface area (Å²) in [6.45, 7) is 4.81. The highest BCUT2D eigenvalue weighted by atomic mass is 79.9. The van der Waals surface area contributed by atoms with Crippen molar-refractivity contribution in [1.82, 2.24) is 4.90 Å². The van der Waals surface area contributed by atoms with E-state index in [4.69, 9.17) is 5.14 Å². The number of sulfonamides is 1. The Labute approximate surface area is 148 Å². The molecule has 1 aromatic carbocycles. The molecule has 0 aliphatic carbocycles. The Bertz CT molecular complexity index is 766. The fraction of sp³-hybridized carbons (Fsp3) is 0.333. The van der Waals surface area contributed by atoms with Crippen LogP contribution in [0.2, 0.25) is 0 Å². The van der Waals surface area contributed by atoms with Crippen LogP contribution in [-0.2, 0) is 16.6 Å². The van der Waals surface area contributed by atoms with E-state index in [1.165, 1.54) is 9.35 Å². The van der Waals surface area contributed by atoms with Crippen molar-refractivity contribution in [2.45, 2.75) is 11.4 Å². The van der Waals surface area contributed by atoms with Crippen molar-refractivity contribution in [3.63, 3.8) is 0 Å². The van der Waals surface area contributed by atoms with Gasteiger partial charge in [0.1, 0.15) is 0 Å². The normalized spacial score (nSPS) is 16.7. The Kier molecular flexibility index (Phi) is 5.07. The van der Waals surface area contributed by atoms with Crippen molar-refractivity contribution < 1.29 is 8.42 Å². The first-order valence-electron chi connectivity index (χ1n) is 7.25. The lowest BCUT2D eigenvalue weighted by Crippen LogP contribution is -2.45. The van der Waals surface area contributed by atoms with Crippen LogP contribution in [0.25, 0.3) is 0 Å². The number of piperazine rings is 1. The Morgan fingerprint density at radius 2 is 1.78 bits per heavy atom. The fourth-order valence-electron chi connectivity index (χ4n) is 2.70. The predicted octanol–water partition coefficient (Wildman–Crippen LogP) is 2.48. The van der Waals surface area contributed by atoms with Crippen molar-refractivity contribution in [1.29, 1.82) is 0 Å². The van der Waals surface area contributed by atoms with Crippen molar-refractivity contribution in [2.24, 2.45) is 5.14 Å². The summed E-state index contributed by atoms with van der Waals surface area (Å²) in [6.07, 6.45) is 0. The lowest BCUT2D eigenvalue weighted by Gasteiger charge is -2.36. The molecule has 2 aromatic rings. The number of rotatable bonds is 4. The molecule has 3 rings (SSSR count). The van der Waals surface area contributed by atoms with Gasteiger partial charge >= 0.3 is 0 Å². The maximum atomic E-state index is 11.3. The minimum Gasteiger partial charge on any atom is -0.369 e. The number of benzene rings is 1. The molecule has 0 saturated carbocycles. The molecule has 0 radical (unpaired) electrons. The van der Waals surface area contributed by atoms with Crippen molar-refractivity contribution in [3.05, 3.63) is 45.1 Å². The van der Waals surface area contributed by atoms with Crippen molar-refractivity contribution >= 4 is 43.0 Å². The van der Waals surface area contributed by atoms with E-state index in [0.29, 0.717) is 0 Å². The fourth-order valence-corrected chi connectivity index (χ4v) is 4.41. The van der Waals surface area contributed by atoms with Gasteiger partial charge in [-0.1, -0.05) is 0 Å². The van der Waals surface area contributed by atoms with E-state index in [-0.39, 0.29) is 4.90 Å². The third kappa shape index (κ3) is 4.33. The van der Waals surface area contributed by atoms with Crippen LogP contribution < -0.4 is 10.0 Å². The summed E-state index contributed by atoms with van der Waals surface area (Å²) in [4.78, 5) is 4.86. The van der Waals surface area contributed by atoms with Crippen LogP contribution in [0.1, 0.15) is 5.56 Å². The lowest BCUT2D eigenvalue weighted by atomic mass is 10.2. The van der Waals surface area contributed by atoms with E-state index in [2.05, 4.69) is 37.2 Å². The lowest BCUT2D eigenvalue weighted by molar-refractivity contribution is 0.250. The standard InChI is InChI=1S/C15H18BrN3O2S2/c16-15-9-12(11-22-15)10-18-5-7-19(8-6-18)13-1-3-14(4-2-13)23(17,20)21/h1-4,9,11H,5-8,10H2,(H2,17,20,21). The van der Waals surface area contributed by atoms with Gasteiger partial charge in [0.2, 0.25) is 10.0 Å². The number of hydrogen-bond donors (Lipinski definition) is 1. The molecule has 1 aliphatic rings. The second-order valence-electron chi connectivity index (χ2n) is 5.56. The number of thiophene rings is 1. The second kappa shape index (κ2) is 6.90. The minimum atomic E-state index is -3.62. The average Bonchev–Trinajstić information content (AvgIpc) is 2.92. The van der Waals surface area contributed by atoms with Crippen LogP contribution >= 0.6 is 27.3 Å². The summed E-state index contributed by atoms with van der Waals surface area (Å²) < 4.78 is 23.8. The molecule has 5 nitrogen and oxygen atoms in total. The molecule has 1 aliphatic heterocycles. The molecule has 0 spiro atoms. The first kappa shape index (κ1) is 16.9. The molecule has 23 heavy (non-hydrogen) atoms. The highest BCUT2D eigenvalue weighted by molar-refractivity contribution is 9.11. The topological polar surface area (TPSA) is 66.6 Å². The number of nitrogens with zero attached hydrogens (tertiary/aromatic N) is 2. The summed E-state index contributed by atoms with van der Waals surface area (Å²) in [5, 5.41) is 7.31. The molecule has 1 fully saturated rings. The van der Waals surface area contributed by atoms with Gasteiger partial charge < -0.3 is 4.90 Å². The summed E-state index contributed by atoms with van der Waals surface area (Å²) in [6, 6.07) is 8.96. The number of primary sulfonamides is 1. The number of halogens is 1. The monoisotopic (exact) mass is 415 g/mol. The summed E-state index contributed by atoms with van der Waals surface area (Å²) in [5.74, 6) is 0. The van der Waals surface area contributed by atoms with Crippen LogP contribution in [0.3, 0.4) is 0 Å². The predicted molar refractivity (Wildman–Crippen MR) is 97.3 cm³/mol. The molecule has 8 heteroatoms. The Morgan fingerprint density at radius 3 is 2.30 bits per heavy atom. The van der Waals surface area contributed by atoms with Gasteiger partial charge in [0.15, 0.2) is 0 Å². The van der Waals surface area contributed by atoms with Crippen molar-refractivity contribution in [3.8, 4) is 0 Å². The molecule has 0 amide bonds. The Morgan fingerprint density at radius 1 is 1.13 bits per heavy atom. The zero-order chi connectivity index (χ0) is 16.4. The van der Waals surface area contributed by atoms with Gasteiger partial charge in [-0.25, -0.2) is 13.6 Å². The molecule has 0 atom stereocenters. The first-order chi connectivity index (χ1) is 10.9. The molecule has 0 unspecified atom stereocenters. The molecule has 2 N–H and O–H groups in total. The van der Waals surface area contributed by atoms with Gasteiger partial charge in [0, 0.05) is 38.4 Å². The number of hydrogen-bond acceptors (Lipinski definition) is 5. The van der Waals surface area contributed by atoms with Gasteiger partial charge in [-0.2, -0.15) is 0 Å². The van der Waals surface area contributed by atoms with Crippen LogP contribution in [0.5, 0.6) is 0 Å². The van der Waals surface area contributed by atoms with Crippen LogP contribution in [-0.4, -0.2) is 39.5 Å². The quantitative estimate of drug-likeness (QED) is 0.832. The maximum Gasteiger partial charge on any atom is 0.238 e. The van der Waals surface area contributed by atoms with Crippen molar-refractivity contribution in [2.75, 3.05) is 31.1 Å². The molecule has 1 aromatic heterocycles. The highest BCUT2D eigenvalue weighted by Gasteiger charge is 2.18. The van der Waals surface area contributed by atoms with Crippen LogP contribution in [0.4, 0.5) is 5.69 Å². The zero-order valence-corrected chi connectivity index (χ0v) is 15.7. The van der Waals surface area contributed by atoms with E-state index in [9.17, 15) is 8.42 Å². The average molecular weight is 416 g/mol. The summed E-state index contributed by atoms with van der Waals surface area (Å²) >= 11 is 5.21. The Hall–Kier alpha value is -0.930. The highest BCUT2D eigenvalue weighted by Crippen LogP contribution is 2.23. The molecular weight excluding hydrogens is 398 g/mol. The van der Waals surface area contributed by atoms with E-state index in [1.807, 2.05) is 12.1 Å². The third-order valence-corrected chi connectivity index (χ3v) is 6.41. The van der Waals surface area contributed by atoms with Gasteiger partial charge in [0.05, 0.1) is 8.68 Å². The van der Waals surface area contributed by atoms with Crippen LogP contribution in [0.15, 0.2) is 44.4 Å². The summed E-state index contributed by atoms with van der Waals surface area (Å²) in [7, 11) is -3.62. The number of nitrogens with two attached hydrogens (primary N) is 1. The molecule has 2 heterocycles. The number of anilines is 1. The molecular formula is C15H18BrN3O2S2. The minimum absolute atomic E-state index is 0.155. The maximum absolute atomic E-state index is 11.3. The SMILES string of the molecule is NS(=O)(=O)c1ccc(N2CCN(Cc3csc(Br)c3)CC2)cc1. The van der Waals surface area contributed by atoms with E-state index >= 15 is 0 Å². The smallest absolute Gasteiger partial charge is 0.238 e. The molecule has 1 saturated heterocycles. The largest absolute Gasteiger partial charge is 0.369 e. The molecule has 124 valence electrons. The van der Waals surface area contributed by atoms with Gasteiger partial charge in [0.25, 0.3) is 0 Å². The first-order valence-corrected chi connectivity index (χ1v) is 10.5. The van der Waals surface area contributed by atoms with E-state index in [1.54, 1.807) is 23.5 Å². The third-order valence-electron chi connectivity index (χ3n) is 3.93. The Balaban J connectivity index is 1.58. The summed E-state index contributed by atoms with van der Waals surface area (Å²) in [5.41, 5.74) is 2.38. The van der Waals surface area contributed by atoms with Gasteiger partial charge in [-0.3, -0.25) is 4.90 Å². The van der Waals surface area contributed by atoms with Gasteiger partial charge in [-0.05, 0) is 57.2 Å². The van der Waals surface area contributed by atoms with Gasteiger partial charge in [-0.15, -0.1) is 11.3 Å². The second-order valence-corrected chi connectivity index (χ2v) is 9.41. The van der Waals surface area contributed by atoms with E-state index in [0.717, 1.165) is 38.4 Å². The molecule has 0 bridgehead atoms. The van der Waals surface area contributed by atoms with Crippen LogP contribution in [0, 0.1) is 0 Å². The van der Waals surface area contributed by atoms with E-state index < -0.39 is 10.0 Å².